The van der Waals surface area contributed by atoms with Gasteiger partial charge in [-0.05, 0) is 24.5 Å². The maximum absolute atomic E-state index is 12.8. The van der Waals surface area contributed by atoms with E-state index in [1.807, 2.05) is 38.9 Å². The lowest BCUT2D eigenvalue weighted by molar-refractivity contribution is 0.0730. The van der Waals surface area contributed by atoms with Crippen molar-refractivity contribution in [1.29, 1.82) is 0 Å². The molecule has 1 aliphatic rings. The van der Waals surface area contributed by atoms with Crippen LogP contribution in [-0.4, -0.2) is 46.4 Å². The molecule has 0 atom stereocenters. The van der Waals surface area contributed by atoms with Gasteiger partial charge in [0.05, 0.1) is 12.2 Å². The quantitative estimate of drug-likeness (QED) is 0.916. The highest BCUT2D eigenvalue weighted by atomic mass is 16.2. The fourth-order valence-electron chi connectivity index (χ4n) is 3.06. The number of hydrogen-bond acceptors (Lipinski definition) is 5. The second kappa shape index (κ2) is 6.66. The Morgan fingerprint density at radius 1 is 1.28 bits per heavy atom. The third-order valence-electron chi connectivity index (χ3n) is 4.48. The SMILES string of the molecule is CC(C)c1ccc(C(=O)N2CCc3c(ncnc3N(C)C)C2)c(=O)[nH]1. The average Bonchev–Trinajstić information content (AvgIpc) is 2.59. The smallest absolute Gasteiger partial charge is 0.261 e. The summed E-state index contributed by atoms with van der Waals surface area (Å²) in [6.45, 7) is 4.93. The maximum atomic E-state index is 12.8. The number of anilines is 1. The number of H-pyrrole nitrogens is 1. The van der Waals surface area contributed by atoms with Crippen LogP contribution in [0.5, 0.6) is 0 Å². The van der Waals surface area contributed by atoms with Crippen LogP contribution in [0.1, 0.15) is 47.1 Å². The van der Waals surface area contributed by atoms with Gasteiger partial charge in [0.2, 0.25) is 0 Å². The monoisotopic (exact) mass is 341 g/mol. The summed E-state index contributed by atoms with van der Waals surface area (Å²) in [6.07, 6.45) is 2.20. The van der Waals surface area contributed by atoms with Crippen molar-refractivity contribution in [2.24, 2.45) is 0 Å². The van der Waals surface area contributed by atoms with E-state index in [4.69, 9.17) is 0 Å². The minimum atomic E-state index is -0.335. The summed E-state index contributed by atoms with van der Waals surface area (Å²) < 4.78 is 0. The third-order valence-corrected chi connectivity index (χ3v) is 4.48. The fourth-order valence-corrected chi connectivity index (χ4v) is 3.06. The molecule has 0 unspecified atom stereocenters. The molecule has 1 amide bonds. The Bertz CT molecular complexity index is 857. The minimum absolute atomic E-state index is 0.176. The van der Waals surface area contributed by atoms with Crippen molar-refractivity contribution in [3.05, 3.63) is 51.3 Å². The molecule has 0 aromatic carbocycles. The van der Waals surface area contributed by atoms with Gasteiger partial charge in [0.25, 0.3) is 11.5 Å². The van der Waals surface area contributed by atoms with Crippen LogP contribution >= 0.6 is 0 Å². The Kier molecular flexibility index (Phi) is 4.57. The first-order chi connectivity index (χ1) is 11.9. The van der Waals surface area contributed by atoms with Gasteiger partial charge in [0.1, 0.15) is 17.7 Å². The topological polar surface area (TPSA) is 82.2 Å². The Labute approximate surface area is 146 Å². The number of carbonyl (C=O) groups excluding carboxylic acids is 1. The minimum Gasteiger partial charge on any atom is -0.362 e. The lowest BCUT2D eigenvalue weighted by Crippen LogP contribution is -2.39. The van der Waals surface area contributed by atoms with Crippen molar-refractivity contribution in [2.75, 3.05) is 25.5 Å². The van der Waals surface area contributed by atoms with Crippen molar-refractivity contribution in [3.8, 4) is 0 Å². The van der Waals surface area contributed by atoms with E-state index in [0.717, 1.165) is 22.8 Å². The molecule has 1 aliphatic heterocycles. The van der Waals surface area contributed by atoms with E-state index in [1.165, 1.54) is 6.33 Å². The fraction of sp³-hybridized carbons (Fsp3) is 0.444. The number of pyridine rings is 1. The van der Waals surface area contributed by atoms with E-state index >= 15 is 0 Å². The number of nitrogens with zero attached hydrogens (tertiary/aromatic N) is 4. The number of rotatable bonds is 3. The molecule has 7 heteroatoms. The maximum Gasteiger partial charge on any atom is 0.261 e. The van der Waals surface area contributed by atoms with E-state index in [9.17, 15) is 9.59 Å². The van der Waals surface area contributed by atoms with Crippen LogP contribution in [0, 0.1) is 0 Å². The van der Waals surface area contributed by atoms with E-state index < -0.39 is 0 Å². The molecule has 0 bridgehead atoms. The molecule has 132 valence electrons. The first-order valence-electron chi connectivity index (χ1n) is 8.41. The van der Waals surface area contributed by atoms with Crippen LogP contribution in [0.3, 0.4) is 0 Å². The second-order valence-electron chi connectivity index (χ2n) is 6.80. The highest BCUT2D eigenvalue weighted by Crippen LogP contribution is 2.24. The van der Waals surface area contributed by atoms with E-state index in [0.29, 0.717) is 19.5 Å². The van der Waals surface area contributed by atoms with Gasteiger partial charge in [-0.1, -0.05) is 13.8 Å². The Balaban J connectivity index is 1.86. The molecule has 25 heavy (non-hydrogen) atoms. The molecular weight excluding hydrogens is 318 g/mol. The van der Waals surface area contributed by atoms with Crippen molar-refractivity contribution >= 4 is 11.7 Å². The normalized spacial score (nSPS) is 13.7. The Morgan fingerprint density at radius 2 is 2.04 bits per heavy atom. The number of amides is 1. The van der Waals surface area contributed by atoms with Crippen molar-refractivity contribution in [3.63, 3.8) is 0 Å². The van der Waals surface area contributed by atoms with Crippen LogP contribution < -0.4 is 10.5 Å². The summed E-state index contributed by atoms with van der Waals surface area (Å²) >= 11 is 0. The molecular formula is C18H23N5O2. The molecule has 0 fully saturated rings. The van der Waals surface area contributed by atoms with Gasteiger partial charge < -0.3 is 14.8 Å². The predicted octanol–water partition coefficient (Wildman–Crippen LogP) is 1.55. The summed E-state index contributed by atoms with van der Waals surface area (Å²) in [6, 6.07) is 3.43. The molecule has 0 spiro atoms. The zero-order chi connectivity index (χ0) is 18.1. The van der Waals surface area contributed by atoms with Gasteiger partial charge in [-0.3, -0.25) is 9.59 Å². The molecule has 0 aliphatic carbocycles. The molecule has 0 saturated heterocycles. The highest BCUT2D eigenvalue weighted by molar-refractivity contribution is 5.94. The number of nitrogens with one attached hydrogen (secondary N) is 1. The van der Waals surface area contributed by atoms with Crippen molar-refractivity contribution < 1.29 is 4.79 Å². The van der Waals surface area contributed by atoms with Crippen LogP contribution in [0.4, 0.5) is 5.82 Å². The predicted molar refractivity (Wildman–Crippen MR) is 96.0 cm³/mol. The van der Waals surface area contributed by atoms with Crippen LogP contribution in [-0.2, 0) is 13.0 Å². The summed E-state index contributed by atoms with van der Waals surface area (Å²) in [7, 11) is 3.88. The molecule has 0 saturated carbocycles. The summed E-state index contributed by atoms with van der Waals surface area (Å²) in [5.74, 6) is 0.836. The molecule has 0 radical (unpaired) electrons. The Morgan fingerprint density at radius 3 is 2.68 bits per heavy atom. The molecule has 3 rings (SSSR count). The van der Waals surface area contributed by atoms with E-state index in [2.05, 4.69) is 15.0 Å². The molecule has 2 aromatic heterocycles. The number of fused-ring (bicyclic) bond motifs is 1. The van der Waals surface area contributed by atoms with Crippen LogP contribution in [0.2, 0.25) is 0 Å². The van der Waals surface area contributed by atoms with Gasteiger partial charge >= 0.3 is 0 Å². The lowest BCUT2D eigenvalue weighted by Gasteiger charge is -2.30. The number of hydrogen-bond donors (Lipinski definition) is 1. The Hall–Kier alpha value is -2.70. The van der Waals surface area contributed by atoms with Crippen LogP contribution in [0.25, 0.3) is 0 Å². The molecule has 1 N–H and O–H groups in total. The first kappa shape index (κ1) is 17.1. The summed E-state index contributed by atoms with van der Waals surface area (Å²) in [5, 5.41) is 0. The average molecular weight is 341 g/mol. The standard InChI is InChI=1S/C18H23N5O2/c1-11(2)14-6-5-13(17(24)21-14)18(25)23-8-7-12-15(9-23)19-10-20-16(12)22(3)4/h5-6,10-11H,7-9H2,1-4H3,(H,21,24). The summed E-state index contributed by atoms with van der Waals surface area (Å²) in [5.41, 5.74) is 2.58. The zero-order valence-corrected chi connectivity index (χ0v) is 15.0. The number of aromatic amines is 1. The van der Waals surface area contributed by atoms with Crippen molar-refractivity contribution in [2.45, 2.75) is 32.7 Å². The second-order valence-corrected chi connectivity index (χ2v) is 6.80. The largest absolute Gasteiger partial charge is 0.362 e. The third kappa shape index (κ3) is 3.26. The van der Waals surface area contributed by atoms with Gasteiger partial charge in [-0.15, -0.1) is 0 Å². The van der Waals surface area contributed by atoms with E-state index in [-0.39, 0.29) is 22.9 Å². The number of carbonyl (C=O) groups is 1. The van der Waals surface area contributed by atoms with E-state index in [1.54, 1.807) is 11.0 Å². The van der Waals surface area contributed by atoms with Gasteiger partial charge in [0.15, 0.2) is 0 Å². The van der Waals surface area contributed by atoms with Crippen molar-refractivity contribution in [1.82, 2.24) is 19.9 Å². The summed E-state index contributed by atoms with van der Waals surface area (Å²) in [4.78, 5) is 40.1. The first-order valence-corrected chi connectivity index (χ1v) is 8.41. The number of aromatic nitrogens is 3. The molecule has 2 aromatic rings. The van der Waals surface area contributed by atoms with Gasteiger partial charge in [-0.2, -0.15) is 0 Å². The van der Waals surface area contributed by atoms with Gasteiger partial charge in [-0.25, -0.2) is 9.97 Å². The van der Waals surface area contributed by atoms with Crippen LogP contribution in [0.15, 0.2) is 23.3 Å². The highest BCUT2D eigenvalue weighted by Gasteiger charge is 2.26. The van der Waals surface area contributed by atoms with Gasteiger partial charge in [0, 0.05) is 31.9 Å². The lowest BCUT2D eigenvalue weighted by atomic mass is 10.0. The zero-order valence-electron chi connectivity index (χ0n) is 15.0. The molecule has 7 nitrogen and oxygen atoms in total. The molecule has 3 heterocycles.